The maximum absolute atomic E-state index is 12.1. The van der Waals surface area contributed by atoms with Crippen molar-refractivity contribution in [2.45, 2.75) is 38.6 Å². The van der Waals surface area contributed by atoms with Gasteiger partial charge in [0.25, 0.3) is 0 Å². The van der Waals surface area contributed by atoms with E-state index in [1.54, 1.807) is 17.5 Å². The van der Waals surface area contributed by atoms with Gasteiger partial charge in [0.15, 0.2) is 0 Å². The predicted octanol–water partition coefficient (Wildman–Crippen LogP) is 2.76. The van der Waals surface area contributed by atoms with Crippen LogP contribution in [0.15, 0.2) is 11.6 Å². The van der Waals surface area contributed by atoms with Gasteiger partial charge in [0.2, 0.25) is 5.91 Å². The van der Waals surface area contributed by atoms with Crippen LogP contribution in [0.1, 0.15) is 43.7 Å². The highest BCUT2D eigenvalue weighted by atomic mass is 32.1. The highest BCUT2D eigenvalue weighted by Crippen LogP contribution is 2.54. The molecular weight excluding hydrogens is 232 g/mol. The number of amides is 1. The lowest BCUT2D eigenvalue weighted by molar-refractivity contribution is -0.125. The van der Waals surface area contributed by atoms with E-state index in [0.717, 1.165) is 36.1 Å². The third kappa shape index (κ3) is 2.23. The van der Waals surface area contributed by atoms with Gasteiger partial charge in [0, 0.05) is 17.5 Å². The summed E-state index contributed by atoms with van der Waals surface area (Å²) in [5.74, 6) is 2.25. The molecule has 1 N–H and O–H groups in total. The minimum absolute atomic E-state index is 0.111. The van der Waals surface area contributed by atoms with Crippen molar-refractivity contribution in [3.05, 3.63) is 16.6 Å². The van der Waals surface area contributed by atoms with E-state index in [1.165, 1.54) is 6.42 Å². The van der Waals surface area contributed by atoms with Gasteiger partial charge in [0.05, 0.1) is 6.04 Å². The fourth-order valence-corrected chi connectivity index (χ4v) is 3.74. The zero-order valence-electron chi connectivity index (χ0n) is 10.1. The monoisotopic (exact) mass is 250 g/mol. The number of nitrogens with one attached hydrogen (secondary N) is 1. The molecule has 1 aromatic rings. The van der Waals surface area contributed by atoms with Gasteiger partial charge in [-0.25, -0.2) is 4.98 Å². The highest BCUT2D eigenvalue weighted by Gasteiger charge is 2.48. The molecule has 0 aliphatic heterocycles. The Labute approximate surface area is 106 Å². The van der Waals surface area contributed by atoms with Crippen LogP contribution in [0.2, 0.25) is 0 Å². The molecule has 3 nitrogen and oxygen atoms in total. The molecule has 3 atom stereocenters. The average molecular weight is 250 g/mol. The normalized spacial score (nSPS) is 31.9. The Bertz CT molecular complexity index is 394. The molecule has 0 spiro atoms. The SMILES string of the molecule is CCC(NC(=O)C1CC2CC2C1)c1nccs1. The summed E-state index contributed by atoms with van der Waals surface area (Å²) in [7, 11) is 0. The van der Waals surface area contributed by atoms with Crippen molar-refractivity contribution >= 4 is 17.2 Å². The van der Waals surface area contributed by atoms with Crippen molar-refractivity contribution in [2.24, 2.45) is 17.8 Å². The van der Waals surface area contributed by atoms with Crippen LogP contribution in [0.5, 0.6) is 0 Å². The van der Waals surface area contributed by atoms with Crippen molar-refractivity contribution in [3.63, 3.8) is 0 Å². The standard InChI is InChI=1S/C13H18N2OS/c1-2-11(13-14-3-4-17-13)15-12(16)10-6-8-5-9(8)7-10/h3-4,8-11H,2,5-7H2,1H3,(H,15,16). The van der Waals surface area contributed by atoms with Gasteiger partial charge >= 0.3 is 0 Å². The molecule has 4 heteroatoms. The van der Waals surface area contributed by atoms with Crippen molar-refractivity contribution in [3.8, 4) is 0 Å². The van der Waals surface area contributed by atoms with Crippen LogP contribution >= 0.6 is 11.3 Å². The summed E-state index contributed by atoms with van der Waals surface area (Å²) in [6.07, 6.45) is 6.32. The first-order valence-corrected chi connectivity index (χ1v) is 7.35. The first-order valence-electron chi connectivity index (χ1n) is 6.47. The van der Waals surface area contributed by atoms with Crippen LogP contribution in [0.4, 0.5) is 0 Å². The molecule has 2 aliphatic carbocycles. The molecule has 0 saturated heterocycles. The van der Waals surface area contributed by atoms with Crippen LogP contribution in [0, 0.1) is 17.8 Å². The summed E-state index contributed by atoms with van der Waals surface area (Å²) >= 11 is 1.62. The molecule has 0 bridgehead atoms. The molecule has 0 radical (unpaired) electrons. The molecule has 3 unspecified atom stereocenters. The highest BCUT2D eigenvalue weighted by molar-refractivity contribution is 7.09. The number of nitrogens with zero attached hydrogens (tertiary/aromatic N) is 1. The van der Waals surface area contributed by atoms with Gasteiger partial charge in [-0.2, -0.15) is 0 Å². The third-order valence-corrected chi connectivity index (χ3v) is 4.98. The van der Waals surface area contributed by atoms with E-state index in [9.17, 15) is 4.79 Å². The number of aromatic nitrogens is 1. The number of thiazole rings is 1. The molecule has 2 fully saturated rings. The zero-order chi connectivity index (χ0) is 11.8. The molecule has 2 saturated carbocycles. The Hall–Kier alpha value is -0.900. The summed E-state index contributed by atoms with van der Waals surface area (Å²) < 4.78 is 0. The summed E-state index contributed by atoms with van der Waals surface area (Å²) in [5, 5.41) is 6.16. The molecule has 0 aromatic carbocycles. The Morgan fingerprint density at radius 2 is 2.29 bits per heavy atom. The second-order valence-corrected chi connectivity index (χ2v) is 6.19. The Morgan fingerprint density at radius 1 is 1.53 bits per heavy atom. The van der Waals surface area contributed by atoms with Crippen molar-refractivity contribution in [1.82, 2.24) is 10.3 Å². The van der Waals surface area contributed by atoms with Gasteiger partial charge < -0.3 is 5.32 Å². The Kier molecular flexibility index (Phi) is 2.90. The molecule has 1 heterocycles. The first-order chi connectivity index (χ1) is 8.28. The van der Waals surface area contributed by atoms with Crippen LogP contribution in [-0.2, 0) is 4.79 Å². The van der Waals surface area contributed by atoms with E-state index in [2.05, 4.69) is 17.2 Å². The molecule has 1 aromatic heterocycles. The van der Waals surface area contributed by atoms with Gasteiger partial charge in [0.1, 0.15) is 5.01 Å². The fraction of sp³-hybridized carbons (Fsp3) is 0.692. The van der Waals surface area contributed by atoms with E-state index < -0.39 is 0 Å². The average Bonchev–Trinajstić information content (AvgIpc) is 2.81. The predicted molar refractivity (Wildman–Crippen MR) is 67.6 cm³/mol. The fourth-order valence-electron chi connectivity index (χ4n) is 2.96. The van der Waals surface area contributed by atoms with E-state index in [-0.39, 0.29) is 17.9 Å². The summed E-state index contributed by atoms with van der Waals surface area (Å²) in [4.78, 5) is 16.4. The van der Waals surface area contributed by atoms with Crippen molar-refractivity contribution in [2.75, 3.05) is 0 Å². The number of carbonyl (C=O) groups excluding carboxylic acids is 1. The van der Waals surface area contributed by atoms with Crippen LogP contribution in [0.25, 0.3) is 0 Å². The number of carbonyl (C=O) groups is 1. The molecular formula is C13H18N2OS. The minimum Gasteiger partial charge on any atom is -0.347 e. The molecule has 92 valence electrons. The van der Waals surface area contributed by atoms with Crippen LogP contribution in [0.3, 0.4) is 0 Å². The number of fused-ring (bicyclic) bond motifs is 1. The lowest BCUT2D eigenvalue weighted by Gasteiger charge is -2.18. The summed E-state index contributed by atoms with van der Waals surface area (Å²) in [5.41, 5.74) is 0. The van der Waals surface area contributed by atoms with E-state index in [4.69, 9.17) is 0 Å². The maximum atomic E-state index is 12.1. The van der Waals surface area contributed by atoms with E-state index in [0.29, 0.717) is 0 Å². The van der Waals surface area contributed by atoms with Crippen molar-refractivity contribution < 1.29 is 4.79 Å². The van der Waals surface area contributed by atoms with E-state index >= 15 is 0 Å². The van der Waals surface area contributed by atoms with Gasteiger partial charge in [-0.1, -0.05) is 6.92 Å². The van der Waals surface area contributed by atoms with Gasteiger partial charge in [-0.3, -0.25) is 4.79 Å². The van der Waals surface area contributed by atoms with E-state index in [1.807, 2.05) is 5.38 Å². The second kappa shape index (κ2) is 4.41. The third-order valence-electron chi connectivity index (χ3n) is 4.09. The molecule has 3 rings (SSSR count). The summed E-state index contributed by atoms with van der Waals surface area (Å²) in [6, 6.07) is 0.111. The number of rotatable bonds is 4. The number of hydrogen-bond donors (Lipinski definition) is 1. The van der Waals surface area contributed by atoms with Crippen LogP contribution < -0.4 is 5.32 Å². The maximum Gasteiger partial charge on any atom is 0.223 e. The largest absolute Gasteiger partial charge is 0.347 e. The lowest BCUT2D eigenvalue weighted by atomic mass is 10.0. The topological polar surface area (TPSA) is 42.0 Å². The summed E-state index contributed by atoms with van der Waals surface area (Å²) in [6.45, 7) is 2.10. The lowest BCUT2D eigenvalue weighted by Crippen LogP contribution is -2.33. The quantitative estimate of drug-likeness (QED) is 0.892. The Morgan fingerprint density at radius 3 is 2.88 bits per heavy atom. The molecule has 1 amide bonds. The van der Waals surface area contributed by atoms with Gasteiger partial charge in [-0.05, 0) is 37.5 Å². The number of hydrogen-bond acceptors (Lipinski definition) is 3. The van der Waals surface area contributed by atoms with Crippen molar-refractivity contribution in [1.29, 1.82) is 0 Å². The molecule has 2 aliphatic rings. The minimum atomic E-state index is 0.111. The van der Waals surface area contributed by atoms with Gasteiger partial charge in [-0.15, -0.1) is 11.3 Å². The van der Waals surface area contributed by atoms with Crippen LogP contribution in [-0.4, -0.2) is 10.9 Å². The molecule has 17 heavy (non-hydrogen) atoms. The zero-order valence-corrected chi connectivity index (χ0v) is 10.9. The first kappa shape index (κ1) is 11.2. The second-order valence-electron chi connectivity index (χ2n) is 5.26. The Balaban J connectivity index is 1.59. The smallest absolute Gasteiger partial charge is 0.223 e.